The molecular weight excluding hydrogens is 314 g/mol. The molecule has 0 saturated heterocycles. The average Bonchev–Trinajstić information content (AvgIpc) is 2.99. The van der Waals surface area contributed by atoms with Crippen LogP contribution in [-0.2, 0) is 19.1 Å². The second kappa shape index (κ2) is 8.15. The summed E-state index contributed by atoms with van der Waals surface area (Å²) in [6.07, 6.45) is 2.51. The summed E-state index contributed by atoms with van der Waals surface area (Å²) in [5.74, 6) is -0.817. The number of carbonyl (C=O) groups excluding carboxylic acids is 3. The maximum atomic E-state index is 13.0. The Labute approximate surface area is 140 Å². The Hall–Kier alpha value is -1.82. The summed E-state index contributed by atoms with van der Waals surface area (Å²) in [6, 6.07) is 9.09. The third-order valence-corrected chi connectivity index (χ3v) is 5.13. The second-order valence-electron chi connectivity index (χ2n) is 5.52. The van der Waals surface area contributed by atoms with Crippen molar-refractivity contribution in [3.8, 4) is 0 Å². The summed E-state index contributed by atoms with van der Waals surface area (Å²) in [4.78, 5) is 37.5. The van der Waals surface area contributed by atoms with Gasteiger partial charge in [-0.05, 0) is 25.0 Å². The zero-order valence-corrected chi connectivity index (χ0v) is 14.2. The lowest BCUT2D eigenvalue weighted by Gasteiger charge is -2.27. The van der Waals surface area contributed by atoms with Crippen LogP contribution in [0.2, 0.25) is 0 Å². The summed E-state index contributed by atoms with van der Waals surface area (Å²) < 4.78 is 4.71. The summed E-state index contributed by atoms with van der Waals surface area (Å²) in [5, 5.41) is 0.0118. The van der Waals surface area contributed by atoms with E-state index in [1.807, 2.05) is 18.2 Å². The molecule has 0 N–H and O–H groups in total. The normalized spacial score (nSPS) is 20.1. The number of benzene rings is 1. The number of thioether (sulfide) groups is 1. The van der Waals surface area contributed by atoms with E-state index in [4.69, 9.17) is 4.74 Å². The Balaban J connectivity index is 2.22. The number of hydrogen-bond donors (Lipinski definition) is 0. The van der Waals surface area contributed by atoms with Crippen molar-refractivity contribution < 1.29 is 19.1 Å². The van der Waals surface area contributed by atoms with E-state index >= 15 is 0 Å². The molecule has 0 heterocycles. The number of para-hydroxylation sites is 1. The lowest BCUT2D eigenvalue weighted by Crippen LogP contribution is -2.42. The van der Waals surface area contributed by atoms with Crippen LogP contribution in [0, 0.1) is 5.92 Å². The fourth-order valence-corrected chi connectivity index (χ4v) is 3.99. The van der Waals surface area contributed by atoms with E-state index in [0.717, 1.165) is 19.3 Å². The Morgan fingerprint density at radius 1 is 1.22 bits per heavy atom. The third kappa shape index (κ3) is 4.58. The standard InChI is InChI=1S/C17H21NO4S/c1-12(19)23-15-10-6-9-14(15)17(21)18(11-16(20)22-2)13-7-4-3-5-8-13/h3-5,7-8,14-15H,6,9-11H2,1-2H3/t14-,15-/m1/s1. The molecule has 23 heavy (non-hydrogen) atoms. The highest BCUT2D eigenvalue weighted by molar-refractivity contribution is 8.14. The van der Waals surface area contributed by atoms with Crippen LogP contribution in [0.4, 0.5) is 5.69 Å². The Kier molecular flexibility index (Phi) is 6.21. The molecule has 1 saturated carbocycles. The molecule has 1 fully saturated rings. The highest BCUT2D eigenvalue weighted by Crippen LogP contribution is 2.37. The third-order valence-electron chi connectivity index (χ3n) is 3.94. The number of anilines is 1. The molecule has 1 aromatic carbocycles. The van der Waals surface area contributed by atoms with Gasteiger partial charge in [-0.25, -0.2) is 0 Å². The van der Waals surface area contributed by atoms with Gasteiger partial charge in [-0.1, -0.05) is 36.4 Å². The van der Waals surface area contributed by atoms with Gasteiger partial charge in [0.15, 0.2) is 5.12 Å². The summed E-state index contributed by atoms with van der Waals surface area (Å²) >= 11 is 1.23. The van der Waals surface area contributed by atoms with Crippen molar-refractivity contribution in [1.82, 2.24) is 0 Å². The lowest BCUT2D eigenvalue weighted by atomic mass is 10.1. The van der Waals surface area contributed by atoms with Crippen molar-refractivity contribution in [2.24, 2.45) is 5.92 Å². The highest BCUT2D eigenvalue weighted by Gasteiger charge is 2.37. The van der Waals surface area contributed by atoms with Gasteiger partial charge in [0.25, 0.3) is 0 Å². The first-order valence-electron chi connectivity index (χ1n) is 7.63. The summed E-state index contributed by atoms with van der Waals surface area (Å²) in [5.41, 5.74) is 0.668. The van der Waals surface area contributed by atoms with Gasteiger partial charge in [0.1, 0.15) is 6.54 Å². The van der Waals surface area contributed by atoms with Crippen molar-refractivity contribution in [2.75, 3.05) is 18.6 Å². The number of ether oxygens (including phenoxy) is 1. The first-order chi connectivity index (χ1) is 11.0. The summed E-state index contributed by atoms with van der Waals surface area (Å²) in [6.45, 7) is 1.40. The number of esters is 1. The molecule has 0 unspecified atom stereocenters. The van der Waals surface area contributed by atoms with Crippen LogP contribution in [0.1, 0.15) is 26.2 Å². The number of nitrogens with zero attached hydrogens (tertiary/aromatic N) is 1. The molecule has 0 spiro atoms. The number of rotatable bonds is 5. The summed E-state index contributed by atoms with van der Waals surface area (Å²) in [7, 11) is 1.31. The van der Waals surface area contributed by atoms with Gasteiger partial charge in [0.2, 0.25) is 5.91 Å². The maximum Gasteiger partial charge on any atom is 0.325 e. The zero-order chi connectivity index (χ0) is 16.8. The maximum absolute atomic E-state index is 13.0. The fourth-order valence-electron chi connectivity index (χ4n) is 2.86. The molecule has 1 amide bonds. The molecule has 0 radical (unpaired) electrons. The molecule has 5 nitrogen and oxygen atoms in total. The smallest absolute Gasteiger partial charge is 0.325 e. The molecule has 0 aromatic heterocycles. The monoisotopic (exact) mass is 335 g/mol. The van der Waals surface area contributed by atoms with Crippen molar-refractivity contribution >= 4 is 34.4 Å². The van der Waals surface area contributed by atoms with Crippen LogP contribution in [0.25, 0.3) is 0 Å². The van der Waals surface area contributed by atoms with Crippen LogP contribution in [0.3, 0.4) is 0 Å². The van der Waals surface area contributed by atoms with Gasteiger partial charge in [0, 0.05) is 17.9 Å². The quantitative estimate of drug-likeness (QED) is 0.774. The number of methoxy groups -OCH3 is 1. The van der Waals surface area contributed by atoms with Gasteiger partial charge in [-0.15, -0.1) is 0 Å². The molecule has 2 atom stereocenters. The second-order valence-corrected chi connectivity index (χ2v) is 6.94. The SMILES string of the molecule is COC(=O)CN(C(=O)[C@@H]1CCC[C@H]1SC(C)=O)c1ccccc1. The largest absolute Gasteiger partial charge is 0.468 e. The van der Waals surface area contributed by atoms with Crippen molar-refractivity contribution in [3.63, 3.8) is 0 Å². The minimum absolute atomic E-state index is 0.0103. The average molecular weight is 335 g/mol. The molecule has 0 bridgehead atoms. The van der Waals surface area contributed by atoms with Crippen molar-refractivity contribution in [3.05, 3.63) is 30.3 Å². The lowest BCUT2D eigenvalue weighted by molar-refractivity contribution is -0.140. The molecule has 6 heteroatoms. The zero-order valence-electron chi connectivity index (χ0n) is 13.4. The highest BCUT2D eigenvalue weighted by atomic mass is 32.2. The first-order valence-corrected chi connectivity index (χ1v) is 8.51. The molecule has 1 aliphatic carbocycles. The van der Waals surface area contributed by atoms with Crippen LogP contribution in [0.5, 0.6) is 0 Å². The van der Waals surface area contributed by atoms with Crippen molar-refractivity contribution in [1.29, 1.82) is 0 Å². The number of amides is 1. The van der Waals surface area contributed by atoms with Crippen LogP contribution in [-0.4, -0.2) is 35.9 Å². The van der Waals surface area contributed by atoms with E-state index in [1.165, 1.54) is 30.7 Å². The molecule has 0 aliphatic heterocycles. The van der Waals surface area contributed by atoms with Crippen LogP contribution >= 0.6 is 11.8 Å². The topological polar surface area (TPSA) is 63.7 Å². The van der Waals surface area contributed by atoms with Gasteiger partial charge in [-0.2, -0.15) is 0 Å². The minimum Gasteiger partial charge on any atom is -0.468 e. The molecular formula is C17H21NO4S. The Bertz CT molecular complexity index is 575. The first kappa shape index (κ1) is 17.5. The van der Waals surface area contributed by atoms with E-state index in [2.05, 4.69) is 0 Å². The predicted octanol–water partition coefficient (Wildman–Crippen LogP) is 2.64. The van der Waals surface area contributed by atoms with E-state index in [0.29, 0.717) is 5.69 Å². The van der Waals surface area contributed by atoms with Crippen molar-refractivity contribution in [2.45, 2.75) is 31.4 Å². The number of carbonyl (C=O) groups is 3. The van der Waals surface area contributed by atoms with Gasteiger partial charge < -0.3 is 9.64 Å². The minimum atomic E-state index is -0.462. The van der Waals surface area contributed by atoms with Gasteiger partial charge in [-0.3, -0.25) is 14.4 Å². The molecule has 1 aromatic rings. The van der Waals surface area contributed by atoms with Gasteiger partial charge in [0.05, 0.1) is 13.0 Å². The van der Waals surface area contributed by atoms with Crippen LogP contribution < -0.4 is 4.90 Å². The molecule has 1 aliphatic rings. The number of hydrogen-bond acceptors (Lipinski definition) is 5. The van der Waals surface area contributed by atoms with E-state index in [-0.39, 0.29) is 28.7 Å². The Morgan fingerprint density at radius 2 is 1.91 bits per heavy atom. The molecule has 2 rings (SSSR count). The fraction of sp³-hybridized carbons (Fsp3) is 0.471. The predicted molar refractivity (Wildman–Crippen MR) is 90.2 cm³/mol. The molecule has 124 valence electrons. The van der Waals surface area contributed by atoms with Gasteiger partial charge >= 0.3 is 5.97 Å². The van der Waals surface area contributed by atoms with Crippen LogP contribution in [0.15, 0.2) is 30.3 Å². The van der Waals surface area contributed by atoms with E-state index in [1.54, 1.807) is 12.1 Å². The van der Waals surface area contributed by atoms with E-state index in [9.17, 15) is 14.4 Å². The van der Waals surface area contributed by atoms with E-state index < -0.39 is 5.97 Å². The Morgan fingerprint density at radius 3 is 2.52 bits per heavy atom.